The van der Waals surface area contributed by atoms with Crippen LogP contribution >= 0.6 is 0 Å². The van der Waals surface area contributed by atoms with Gasteiger partial charge in [0, 0.05) is 50.3 Å². The van der Waals surface area contributed by atoms with Crippen LogP contribution in [0.1, 0.15) is 12.0 Å². The first-order chi connectivity index (χ1) is 11.8. The Morgan fingerprint density at radius 2 is 2.00 bits per heavy atom. The largest absolute Gasteiger partial charge is 0.392 e. The molecule has 2 aromatic rings. The van der Waals surface area contributed by atoms with E-state index in [1.165, 1.54) is 6.42 Å². The van der Waals surface area contributed by atoms with E-state index in [-0.39, 0.29) is 6.61 Å². The van der Waals surface area contributed by atoms with Crippen molar-refractivity contribution in [2.75, 3.05) is 50.8 Å². The average molecular weight is 327 g/mol. The Morgan fingerprint density at radius 3 is 2.75 bits per heavy atom. The van der Waals surface area contributed by atoms with Crippen molar-refractivity contribution in [3.63, 3.8) is 0 Å². The molecule has 2 fully saturated rings. The zero-order chi connectivity index (χ0) is 16.4. The zero-order valence-corrected chi connectivity index (χ0v) is 14.0. The summed E-state index contributed by atoms with van der Waals surface area (Å²) in [5.74, 6) is 1.64. The topological polar surface area (TPSA) is 48.8 Å². The van der Waals surface area contributed by atoms with Gasteiger partial charge in [-0.1, -0.05) is 18.2 Å². The second kappa shape index (κ2) is 7.05. The smallest absolute Gasteiger partial charge is 0.134 e. The summed E-state index contributed by atoms with van der Waals surface area (Å²) in [5, 5.41) is 10.8. The minimum atomic E-state index is 0.0345. The van der Waals surface area contributed by atoms with Gasteiger partial charge in [0.15, 0.2) is 0 Å². The number of hydrogen-bond donors (Lipinski definition) is 1. The standard InChI is InChI=1S/C19H25N3O2/c23-13-17-11-16-3-1-2-4-18(16)20-19(17)22-8-6-21(7-9-22)12-15-5-10-24-14-15/h1-4,11,15,23H,5-10,12-14H2. The molecule has 2 saturated heterocycles. The number of aromatic nitrogens is 1. The van der Waals surface area contributed by atoms with E-state index in [0.717, 1.165) is 68.2 Å². The fourth-order valence-corrected chi connectivity index (χ4v) is 3.77. The second-order valence-electron chi connectivity index (χ2n) is 6.84. The molecule has 0 radical (unpaired) electrons. The van der Waals surface area contributed by atoms with Crippen molar-refractivity contribution in [3.8, 4) is 0 Å². The number of anilines is 1. The summed E-state index contributed by atoms with van der Waals surface area (Å²) in [6, 6.07) is 10.2. The average Bonchev–Trinajstić information content (AvgIpc) is 3.14. The lowest BCUT2D eigenvalue weighted by Gasteiger charge is -2.37. The summed E-state index contributed by atoms with van der Waals surface area (Å²) in [7, 11) is 0. The highest BCUT2D eigenvalue weighted by atomic mass is 16.5. The van der Waals surface area contributed by atoms with Gasteiger partial charge in [-0.15, -0.1) is 0 Å². The van der Waals surface area contributed by atoms with Crippen LogP contribution in [0.15, 0.2) is 30.3 Å². The molecule has 5 heteroatoms. The molecule has 3 heterocycles. The highest BCUT2D eigenvalue weighted by Gasteiger charge is 2.24. The van der Waals surface area contributed by atoms with Crippen LogP contribution in [0.4, 0.5) is 5.82 Å². The third-order valence-electron chi connectivity index (χ3n) is 5.16. The van der Waals surface area contributed by atoms with Crippen LogP contribution in [0.5, 0.6) is 0 Å². The Bertz CT molecular complexity index is 692. The number of benzene rings is 1. The first-order valence-electron chi connectivity index (χ1n) is 8.88. The summed E-state index contributed by atoms with van der Waals surface area (Å²) in [6.45, 7) is 7.05. The molecule has 1 aromatic carbocycles. The van der Waals surface area contributed by atoms with E-state index in [9.17, 15) is 5.11 Å². The second-order valence-corrected chi connectivity index (χ2v) is 6.84. The predicted octanol–water partition coefficient (Wildman–Crippen LogP) is 1.89. The van der Waals surface area contributed by atoms with Crippen molar-refractivity contribution in [1.82, 2.24) is 9.88 Å². The van der Waals surface area contributed by atoms with E-state index < -0.39 is 0 Å². The SMILES string of the molecule is OCc1cc2ccccc2nc1N1CCN(CC2CCOC2)CC1. The van der Waals surface area contributed by atoms with Gasteiger partial charge in [-0.05, 0) is 24.5 Å². The zero-order valence-electron chi connectivity index (χ0n) is 14.0. The van der Waals surface area contributed by atoms with Crippen LogP contribution in [0, 0.1) is 5.92 Å². The number of ether oxygens (including phenoxy) is 1. The van der Waals surface area contributed by atoms with Gasteiger partial charge in [-0.25, -0.2) is 4.98 Å². The van der Waals surface area contributed by atoms with Crippen molar-refractivity contribution in [2.24, 2.45) is 5.92 Å². The van der Waals surface area contributed by atoms with Crippen molar-refractivity contribution in [2.45, 2.75) is 13.0 Å². The summed E-state index contributed by atoms with van der Waals surface area (Å²) >= 11 is 0. The Balaban J connectivity index is 1.47. The maximum atomic E-state index is 9.76. The van der Waals surface area contributed by atoms with Gasteiger partial charge in [0.25, 0.3) is 0 Å². The Labute approximate surface area is 142 Å². The van der Waals surface area contributed by atoms with Gasteiger partial charge in [0.1, 0.15) is 5.82 Å². The van der Waals surface area contributed by atoms with Crippen molar-refractivity contribution >= 4 is 16.7 Å². The molecule has 4 rings (SSSR count). The lowest BCUT2D eigenvalue weighted by atomic mass is 10.1. The molecule has 128 valence electrons. The number of nitrogens with zero attached hydrogens (tertiary/aromatic N) is 3. The van der Waals surface area contributed by atoms with E-state index in [0.29, 0.717) is 5.92 Å². The minimum Gasteiger partial charge on any atom is -0.392 e. The maximum absolute atomic E-state index is 9.76. The molecule has 0 spiro atoms. The van der Waals surface area contributed by atoms with E-state index in [1.807, 2.05) is 24.3 Å². The third-order valence-corrected chi connectivity index (χ3v) is 5.16. The fraction of sp³-hybridized carbons (Fsp3) is 0.526. The molecule has 1 unspecified atom stereocenters. The molecule has 1 atom stereocenters. The van der Waals surface area contributed by atoms with Crippen LogP contribution in [-0.2, 0) is 11.3 Å². The monoisotopic (exact) mass is 327 g/mol. The van der Waals surface area contributed by atoms with Crippen molar-refractivity contribution < 1.29 is 9.84 Å². The molecule has 0 saturated carbocycles. The van der Waals surface area contributed by atoms with E-state index in [2.05, 4.69) is 15.9 Å². The summed E-state index contributed by atoms with van der Waals surface area (Å²) < 4.78 is 5.49. The number of pyridine rings is 1. The van der Waals surface area contributed by atoms with Gasteiger partial charge >= 0.3 is 0 Å². The number of rotatable bonds is 4. The van der Waals surface area contributed by atoms with Crippen molar-refractivity contribution in [1.29, 1.82) is 0 Å². The molecule has 24 heavy (non-hydrogen) atoms. The number of piperazine rings is 1. The van der Waals surface area contributed by atoms with Gasteiger partial charge in [0.2, 0.25) is 0 Å². The number of para-hydroxylation sites is 1. The molecular weight excluding hydrogens is 302 g/mol. The third kappa shape index (κ3) is 3.24. The first kappa shape index (κ1) is 15.8. The molecule has 2 aliphatic rings. The lowest BCUT2D eigenvalue weighted by Crippen LogP contribution is -2.48. The number of aliphatic hydroxyl groups is 1. The van der Waals surface area contributed by atoms with Crippen LogP contribution in [0.3, 0.4) is 0 Å². The lowest BCUT2D eigenvalue weighted by molar-refractivity contribution is 0.164. The van der Waals surface area contributed by atoms with Gasteiger partial charge in [0.05, 0.1) is 18.7 Å². The molecule has 1 aromatic heterocycles. The summed E-state index contributed by atoms with van der Waals surface area (Å²) in [6.07, 6.45) is 1.20. The molecule has 0 bridgehead atoms. The highest BCUT2D eigenvalue weighted by Crippen LogP contribution is 2.25. The van der Waals surface area contributed by atoms with Crippen LogP contribution < -0.4 is 4.90 Å². The molecule has 1 N–H and O–H groups in total. The van der Waals surface area contributed by atoms with Gasteiger partial charge in [-0.2, -0.15) is 0 Å². The Morgan fingerprint density at radius 1 is 1.17 bits per heavy atom. The molecule has 0 aliphatic carbocycles. The molecule has 0 amide bonds. The summed E-state index contributed by atoms with van der Waals surface area (Å²) in [5.41, 5.74) is 1.92. The molecular formula is C19H25N3O2. The number of hydrogen-bond acceptors (Lipinski definition) is 5. The summed E-state index contributed by atoms with van der Waals surface area (Å²) in [4.78, 5) is 9.68. The number of fused-ring (bicyclic) bond motifs is 1. The maximum Gasteiger partial charge on any atom is 0.134 e. The Hall–Kier alpha value is -1.69. The Kier molecular flexibility index (Phi) is 4.65. The van der Waals surface area contributed by atoms with Gasteiger partial charge < -0.3 is 14.7 Å². The van der Waals surface area contributed by atoms with Crippen molar-refractivity contribution in [3.05, 3.63) is 35.9 Å². The van der Waals surface area contributed by atoms with E-state index >= 15 is 0 Å². The van der Waals surface area contributed by atoms with Crippen LogP contribution in [-0.4, -0.2) is 60.9 Å². The minimum absolute atomic E-state index is 0.0345. The first-order valence-corrected chi connectivity index (χ1v) is 8.88. The fourth-order valence-electron chi connectivity index (χ4n) is 3.77. The van der Waals surface area contributed by atoms with Gasteiger partial charge in [-0.3, -0.25) is 4.90 Å². The van der Waals surface area contributed by atoms with E-state index in [1.54, 1.807) is 0 Å². The normalized spacial score (nSPS) is 22.4. The molecule has 2 aliphatic heterocycles. The highest BCUT2D eigenvalue weighted by molar-refractivity contribution is 5.81. The molecule has 5 nitrogen and oxygen atoms in total. The quantitative estimate of drug-likeness (QED) is 0.929. The van der Waals surface area contributed by atoms with Crippen LogP contribution in [0.25, 0.3) is 10.9 Å². The van der Waals surface area contributed by atoms with Crippen LogP contribution in [0.2, 0.25) is 0 Å². The number of aliphatic hydroxyl groups excluding tert-OH is 1. The predicted molar refractivity (Wildman–Crippen MR) is 95.2 cm³/mol. The van der Waals surface area contributed by atoms with E-state index in [4.69, 9.17) is 9.72 Å².